The molecule has 5 rings (SSSR count). The second kappa shape index (κ2) is 13.1. The van der Waals surface area contributed by atoms with Crippen LogP contribution in [0.3, 0.4) is 0 Å². The fourth-order valence-corrected chi connectivity index (χ4v) is 9.10. The van der Waals surface area contributed by atoms with Crippen molar-refractivity contribution in [2.75, 3.05) is 52.4 Å². The molecule has 0 aliphatic carbocycles. The smallest absolute Gasteiger partial charge is 0.242 e. The van der Waals surface area contributed by atoms with Gasteiger partial charge in [0, 0.05) is 56.3 Å². The molecule has 0 spiro atoms. The van der Waals surface area contributed by atoms with Crippen molar-refractivity contribution in [2.24, 2.45) is 0 Å². The maximum atomic E-state index is 13.4. The summed E-state index contributed by atoms with van der Waals surface area (Å²) in [6.45, 7) is 7.10. The first-order valence-electron chi connectivity index (χ1n) is 14.9. The van der Waals surface area contributed by atoms with Crippen LogP contribution in [0.15, 0.2) is 45.8 Å². The Morgan fingerprint density at radius 3 is 2.33 bits per heavy atom. The summed E-state index contributed by atoms with van der Waals surface area (Å²) in [6, 6.07) is 9.52. The van der Waals surface area contributed by atoms with Crippen LogP contribution in [0.4, 0.5) is 0 Å². The van der Waals surface area contributed by atoms with E-state index in [2.05, 4.69) is 25.6 Å². The number of hydrogen-bond donors (Lipinski definition) is 1. The third kappa shape index (κ3) is 7.25. The number of halogens is 1. The van der Waals surface area contributed by atoms with Gasteiger partial charge in [0.05, 0.1) is 16.7 Å². The molecule has 0 saturated carbocycles. The van der Waals surface area contributed by atoms with E-state index in [1.807, 2.05) is 23.1 Å². The average Bonchev–Trinajstić information content (AvgIpc) is 3.43. The molecule has 0 radical (unpaired) electrons. The van der Waals surface area contributed by atoms with Gasteiger partial charge in [0.1, 0.15) is 6.04 Å². The summed E-state index contributed by atoms with van der Waals surface area (Å²) in [5.74, 6) is -0.521. The first kappa shape index (κ1) is 32.3. The summed E-state index contributed by atoms with van der Waals surface area (Å²) < 4.78 is 56.5. The van der Waals surface area contributed by atoms with Gasteiger partial charge in [0.25, 0.3) is 0 Å². The predicted octanol–water partition coefficient (Wildman–Crippen LogP) is 2.22. The number of piperazine rings is 1. The molecule has 1 N–H and O–H groups in total. The highest BCUT2D eigenvalue weighted by molar-refractivity contribution is 9.10. The molecule has 11 nitrogen and oxygen atoms in total. The molecule has 236 valence electrons. The first-order chi connectivity index (χ1) is 20.3. The summed E-state index contributed by atoms with van der Waals surface area (Å²) in [5, 5.41) is 1.22. The van der Waals surface area contributed by atoms with Gasteiger partial charge in [-0.3, -0.25) is 14.5 Å². The number of carbonyl (C=O) groups is 2. The van der Waals surface area contributed by atoms with Crippen molar-refractivity contribution >= 4 is 58.6 Å². The molecular weight excluding hydrogens is 658 g/mol. The maximum Gasteiger partial charge on any atom is 0.242 e. The zero-order valence-corrected chi connectivity index (χ0v) is 27.8. The van der Waals surface area contributed by atoms with Gasteiger partial charge in [0.15, 0.2) is 0 Å². The number of sulfonamides is 2. The quantitative estimate of drug-likeness (QED) is 0.426. The molecule has 14 heteroatoms. The Kier molecular flexibility index (Phi) is 9.84. The van der Waals surface area contributed by atoms with Crippen LogP contribution >= 0.6 is 15.9 Å². The molecule has 43 heavy (non-hydrogen) atoms. The Morgan fingerprint density at radius 2 is 1.60 bits per heavy atom. The monoisotopic (exact) mass is 697 g/mol. The van der Waals surface area contributed by atoms with Crippen molar-refractivity contribution in [3.05, 3.63) is 40.9 Å². The lowest BCUT2D eigenvalue weighted by Gasteiger charge is -2.38. The van der Waals surface area contributed by atoms with E-state index in [1.54, 1.807) is 30.3 Å². The second-order valence-corrected chi connectivity index (χ2v) is 17.0. The Hall–Kier alpha value is -2.10. The third-order valence-electron chi connectivity index (χ3n) is 8.69. The van der Waals surface area contributed by atoms with E-state index in [4.69, 9.17) is 0 Å². The number of nitrogens with zero attached hydrogens (tertiary/aromatic N) is 4. The van der Waals surface area contributed by atoms with E-state index < -0.39 is 31.3 Å². The largest absolute Gasteiger partial charge is 0.337 e. The predicted molar refractivity (Wildman–Crippen MR) is 168 cm³/mol. The topological polar surface area (TPSA) is 127 Å². The summed E-state index contributed by atoms with van der Waals surface area (Å²) in [6.07, 6.45) is 2.69. The molecule has 2 amide bonds. The van der Waals surface area contributed by atoms with E-state index in [-0.39, 0.29) is 29.3 Å². The highest BCUT2D eigenvalue weighted by Gasteiger charge is 2.37. The number of rotatable bonds is 9. The molecule has 0 aromatic heterocycles. The molecule has 2 atom stereocenters. The average molecular weight is 699 g/mol. The molecule has 2 aromatic carbocycles. The minimum absolute atomic E-state index is 0.00322. The minimum atomic E-state index is -3.96. The number of likely N-dealkylation sites (tertiary alicyclic amines) is 2. The summed E-state index contributed by atoms with van der Waals surface area (Å²) in [5.41, 5.74) is 0. The molecule has 3 aliphatic rings. The van der Waals surface area contributed by atoms with Crippen LogP contribution in [-0.4, -0.2) is 117 Å². The number of piperidine rings is 1. The van der Waals surface area contributed by atoms with Crippen molar-refractivity contribution in [1.82, 2.24) is 23.7 Å². The van der Waals surface area contributed by atoms with Crippen LogP contribution < -0.4 is 4.72 Å². The molecule has 3 saturated heterocycles. The summed E-state index contributed by atoms with van der Waals surface area (Å²) >= 11 is 3.42. The maximum absolute atomic E-state index is 13.4. The second-order valence-electron chi connectivity index (χ2n) is 11.9. The molecule has 2 unspecified atom stereocenters. The van der Waals surface area contributed by atoms with Gasteiger partial charge in [0.2, 0.25) is 31.9 Å². The zero-order valence-electron chi connectivity index (χ0n) is 24.6. The van der Waals surface area contributed by atoms with Crippen molar-refractivity contribution in [1.29, 1.82) is 0 Å². The van der Waals surface area contributed by atoms with Gasteiger partial charge in [-0.2, -0.15) is 9.03 Å². The zero-order chi connectivity index (χ0) is 30.9. The van der Waals surface area contributed by atoms with Crippen LogP contribution in [0.2, 0.25) is 0 Å². The Morgan fingerprint density at radius 1 is 0.930 bits per heavy atom. The molecule has 3 fully saturated rings. The number of benzene rings is 2. The first-order valence-corrected chi connectivity index (χ1v) is 18.6. The fraction of sp³-hybridized carbons (Fsp3) is 0.586. The van der Waals surface area contributed by atoms with E-state index >= 15 is 0 Å². The Labute approximate surface area is 262 Å². The van der Waals surface area contributed by atoms with Crippen LogP contribution in [0, 0.1) is 0 Å². The van der Waals surface area contributed by atoms with Gasteiger partial charge < -0.3 is 9.80 Å². The highest BCUT2D eigenvalue weighted by atomic mass is 79.9. The molecule has 3 heterocycles. The van der Waals surface area contributed by atoms with E-state index in [0.717, 1.165) is 28.1 Å². The molecule has 0 bridgehead atoms. The SMILES string of the molecule is CC(C)S(=O)(=O)N1CCN(CC2CCCN2C(=O)CN2CCCC(NS(=O)(=O)c3ccc4cc(Br)ccc4c3)C2=O)CC1. The van der Waals surface area contributed by atoms with Gasteiger partial charge in [-0.15, -0.1) is 0 Å². The lowest BCUT2D eigenvalue weighted by Crippen LogP contribution is -2.56. The summed E-state index contributed by atoms with van der Waals surface area (Å²) in [7, 11) is -7.23. The number of fused-ring (bicyclic) bond motifs is 1. The lowest BCUT2D eigenvalue weighted by molar-refractivity contribution is -0.143. The van der Waals surface area contributed by atoms with Crippen LogP contribution in [0.1, 0.15) is 39.5 Å². The van der Waals surface area contributed by atoms with Gasteiger partial charge in [-0.05, 0) is 74.6 Å². The summed E-state index contributed by atoms with van der Waals surface area (Å²) in [4.78, 5) is 32.4. The lowest BCUT2D eigenvalue weighted by atomic mass is 10.1. The van der Waals surface area contributed by atoms with Gasteiger partial charge in [-0.1, -0.05) is 28.1 Å². The van der Waals surface area contributed by atoms with Crippen molar-refractivity contribution < 1.29 is 26.4 Å². The van der Waals surface area contributed by atoms with E-state index in [9.17, 15) is 26.4 Å². The number of nitrogens with one attached hydrogen (secondary N) is 1. The highest BCUT2D eigenvalue weighted by Crippen LogP contribution is 2.25. The number of hydrogen-bond acceptors (Lipinski definition) is 7. The van der Waals surface area contributed by atoms with Gasteiger partial charge >= 0.3 is 0 Å². The Bertz CT molecular complexity index is 1580. The molecule has 2 aromatic rings. The normalized spacial score (nSPS) is 23.0. The van der Waals surface area contributed by atoms with E-state index in [1.165, 1.54) is 11.0 Å². The van der Waals surface area contributed by atoms with Crippen LogP contribution in [0.25, 0.3) is 10.8 Å². The fourth-order valence-electron chi connectivity index (χ4n) is 6.19. The minimum Gasteiger partial charge on any atom is -0.337 e. The third-order valence-corrected chi connectivity index (χ3v) is 12.9. The standard InChI is InChI=1S/C29H40BrN5O6S2/c1-21(2)43(40,41)34-15-13-32(14-16-34)19-25-5-3-12-35(25)28(36)20-33-11-4-6-27(29(33)37)31-42(38,39)26-10-8-22-17-24(30)9-7-23(22)18-26/h7-10,17-18,21,25,27,31H,3-6,11-16,19-20H2,1-2H3. The van der Waals surface area contributed by atoms with E-state index in [0.29, 0.717) is 58.7 Å². The van der Waals surface area contributed by atoms with Gasteiger partial charge in [-0.25, -0.2) is 16.8 Å². The van der Waals surface area contributed by atoms with Crippen molar-refractivity contribution in [3.8, 4) is 0 Å². The molecular formula is C29H40BrN5O6S2. The van der Waals surface area contributed by atoms with Crippen molar-refractivity contribution in [2.45, 2.75) is 61.8 Å². The number of amides is 2. The molecule has 3 aliphatic heterocycles. The van der Waals surface area contributed by atoms with Crippen LogP contribution in [0.5, 0.6) is 0 Å². The Balaban J connectivity index is 1.17. The number of carbonyl (C=O) groups excluding carboxylic acids is 2. The van der Waals surface area contributed by atoms with Crippen LogP contribution in [-0.2, 0) is 29.6 Å². The van der Waals surface area contributed by atoms with Crippen molar-refractivity contribution in [3.63, 3.8) is 0 Å².